The molecule has 0 unspecified atom stereocenters. The van der Waals surface area contributed by atoms with E-state index in [2.05, 4.69) is 5.10 Å². The summed E-state index contributed by atoms with van der Waals surface area (Å²) < 4.78 is 32.4. The lowest BCUT2D eigenvalue weighted by molar-refractivity contribution is 0.178. The van der Waals surface area contributed by atoms with E-state index in [0.29, 0.717) is 32.7 Å². The zero-order valence-electron chi connectivity index (χ0n) is 10.7. The molecule has 7 nitrogen and oxygen atoms in total. The number of ether oxygens (including phenoxy) is 1. The molecule has 0 aromatic carbocycles. The van der Waals surface area contributed by atoms with Crippen molar-refractivity contribution in [2.24, 2.45) is 12.8 Å². The van der Waals surface area contributed by atoms with Gasteiger partial charge in [0, 0.05) is 27.2 Å². The van der Waals surface area contributed by atoms with Crippen LogP contribution in [0.2, 0.25) is 0 Å². The van der Waals surface area contributed by atoms with Gasteiger partial charge in [0.05, 0.1) is 12.8 Å². The Kier molecular flexibility index (Phi) is 5.73. The maximum absolute atomic E-state index is 12.4. The van der Waals surface area contributed by atoms with Gasteiger partial charge in [-0.2, -0.15) is 9.40 Å². The van der Waals surface area contributed by atoms with Gasteiger partial charge in [0.1, 0.15) is 0 Å². The number of aromatic nitrogens is 2. The Labute approximate surface area is 108 Å². The molecule has 0 saturated heterocycles. The molecule has 0 radical (unpaired) electrons. The van der Waals surface area contributed by atoms with Gasteiger partial charge >= 0.3 is 0 Å². The van der Waals surface area contributed by atoms with E-state index < -0.39 is 10.0 Å². The van der Waals surface area contributed by atoms with Gasteiger partial charge in [-0.1, -0.05) is 0 Å². The third-order valence-electron chi connectivity index (χ3n) is 2.54. The molecule has 0 saturated carbocycles. The van der Waals surface area contributed by atoms with E-state index in [0.717, 1.165) is 0 Å². The average Bonchev–Trinajstić information content (AvgIpc) is 2.76. The SMILES string of the molecule is COCCN(CCCN)S(=O)(=O)c1ccnn1C. The predicted molar refractivity (Wildman–Crippen MR) is 67.5 cm³/mol. The topological polar surface area (TPSA) is 90.4 Å². The van der Waals surface area contributed by atoms with Gasteiger partial charge in [-0.15, -0.1) is 0 Å². The summed E-state index contributed by atoms with van der Waals surface area (Å²) in [6.07, 6.45) is 2.07. The minimum Gasteiger partial charge on any atom is -0.383 e. The molecule has 1 aromatic heterocycles. The van der Waals surface area contributed by atoms with Crippen molar-refractivity contribution in [2.45, 2.75) is 11.4 Å². The lowest BCUT2D eigenvalue weighted by atomic mass is 10.4. The number of sulfonamides is 1. The first-order valence-corrected chi connectivity index (χ1v) is 7.15. The second-order valence-electron chi connectivity index (χ2n) is 3.83. The highest BCUT2D eigenvalue weighted by molar-refractivity contribution is 7.89. The summed E-state index contributed by atoms with van der Waals surface area (Å²) in [5.74, 6) is 0. The molecule has 0 amide bonds. The zero-order valence-corrected chi connectivity index (χ0v) is 11.6. The van der Waals surface area contributed by atoms with E-state index in [1.54, 1.807) is 7.05 Å². The van der Waals surface area contributed by atoms with Crippen LogP contribution >= 0.6 is 0 Å². The molecule has 18 heavy (non-hydrogen) atoms. The predicted octanol–water partition coefficient (Wildman–Crippen LogP) is -0.594. The number of nitrogens with two attached hydrogens (primary N) is 1. The summed E-state index contributed by atoms with van der Waals surface area (Å²) in [5.41, 5.74) is 5.43. The smallest absolute Gasteiger partial charge is 0.260 e. The Bertz CT molecular complexity index is 449. The fourth-order valence-corrected chi connectivity index (χ4v) is 3.12. The van der Waals surface area contributed by atoms with Crippen LogP contribution in [0.25, 0.3) is 0 Å². The van der Waals surface area contributed by atoms with Crippen LogP contribution in [0, 0.1) is 0 Å². The second kappa shape index (κ2) is 6.83. The third kappa shape index (κ3) is 3.52. The molecule has 0 spiro atoms. The van der Waals surface area contributed by atoms with E-state index in [-0.39, 0.29) is 5.03 Å². The minimum atomic E-state index is -3.53. The van der Waals surface area contributed by atoms with Crippen LogP contribution in [0.4, 0.5) is 0 Å². The van der Waals surface area contributed by atoms with Crippen LogP contribution in [-0.4, -0.2) is 55.9 Å². The Balaban J connectivity index is 2.92. The van der Waals surface area contributed by atoms with E-state index in [1.807, 2.05) is 0 Å². The van der Waals surface area contributed by atoms with E-state index in [4.69, 9.17) is 10.5 Å². The van der Waals surface area contributed by atoms with Crippen LogP contribution in [0.5, 0.6) is 0 Å². The highest BCUT2D eigenvalue weighted by atomic mass is 32.2. The van der Waals surface area contributed by atoms with Crippen molar-refractivity contribution < 1.29 is 13.2 Å². The van der Waals surface area contributed by atoms with Crippen LogP contribution in [0.3, 0.4) is 0 Å². The van der Waals surface area contributed by atoms with E-state index in [9.17, 15) is 8.42 Å². The van der Waals surface area contributed by atoms with Crippen molar-refractivity contribution in [1.29, 1.82) is 0 Å². The Morgan fingerprint density at radius 2 is 2.22 bits per heavy atom. The number of hydrogen-bond acceptors (Lipinski definition) is 5. The highest BCUT2D eigenvalue weighted by Gasteiger charge is 2.26. The molecule has 0 aliphatic heterocycles. The van der Waals surface area contributed by atoms with Crippen molar-refractivity contribution >= 4 is 10.0 Å². The molecule has 0 atom stereocenters. The molecule has 8 heteroatoms. The molecule has 1 rings (SSSR count). The molecule has 0 aliphatic rings. The molecule has 0 fully saturated rings. The lowest BCUT2D eigenvalue weighted by Gasteiger charge is -2.21. The molecule has 0 aliphatic carbocycles. The Morgan fingerprint density at radius 1 is 1.50 bits per heavy atom. The van der Waals surface area contributed by atoms with Gasteiger partial charge in [0.15, 0.2) is 5.03 Å². The molecular weight excluding hydrogens is 256 g/mol. The van der Waals surface area contributed by atoms with Gasteiger partial charge in [-0.25, -0.2) is 8.42 Å². The van der Waals surface area contributed by atoms with Crippen molar-refractivity contribution in [3.05, 3.63) is 12.3 Å². The van der Waals surface area contributed by atoms with Gasteiger partial charge < -0.3 is 10.5 Å². The summed E-state index contributed by atoms with van der Waals surface area (Å²) in [5, 5.41) is 4.06. The fraction of sp³-hybridized carbons (Fsp3) is 0.700. The summed E-state index contributed by atoms with van der Waals surface area (Å²) in [6.45, 7) is 1.49. The minimum absolute atomic E-state index is 0.177. The van der Waals surface area contributed by atoms with E-state index >= 15 is 0 Å². The zero-order chi connectivity index (χ0) is 13.6. The van der Waals surface area contributed by atoms with E-state index in [1.165, 1.54) is 28.4 Å². The Hall–Kier alpha value is -0.960. The van der Waals surface area contributed by atoms with Crippen molar-refractivity contribution in [1.82, 2.24) is 14.1 Å². The quantitative estimate of drug-likeness (QED) is 0.685. The normalized spacial score (nSPS) is 12.2. The molecule has 1 aromatic rings. The third-order valence-corrected chi connectivity index (χ3v) is 4.51. The standard InChI is InChI=1S/C10H20N4O3S/c1-13-10(4-6-12-13)18(15,16)14(7-3-5-11)8-9-17-2/h4,6H,3,5,7-9,11H2,1-2H3. The summed E-state index contributed by atoms with van der Waals surface area (Å²) >= 11 is 0. The molecule has 104 valence electrons. The first-order chi connectivity index (χ1) is 8.54. The van der Waals surface area contributed by atoms with Crippen LogP contribution in [-0.2, 0) is 21.8 Å². The summed E-state index contributed by atoms with van der Waals surface area (Å²) in [4.78, 5) is 0. The van der Waals surface area contributed by atoms with Gasteiger partial charge in [-0.3, -0.25) is 4.68 Å². The summed E-state index contributed by atoms with van der Waals surface area (Å²) in [6, 6.07) is 1.48. The molecule has 1 heterocycles. The highest BCUT2D eigenvalue weighted by Crippen LogP contribution is 2.14. The largest absolute Gasteiger partial charge is 0.383 e. The number of aryl methyl sites for hydroxylation is 1. The first kappa shape index (κ1) is 15.1. The van der Waals surface area contributed by atoms with Gasteiger partial charge in [0.25, 0.3) is 10.0 Å². The van der Waals surface area contributed by atoms with Crippen LogP contribution in [0.15, 0.2) is 17.3 Å². The van der Waals surface area contributed by atoms with Crippen LogP contribution < -0.4 is 5.73 Å². The second-order valence-corrected chi connectivity index (χ2v) is 5.72. The monoisotopic (exact) mass is 276 g/mol. The van der Waals surface area contributed by atoms with Crippen molar-refractivity contribution in [3.63, 3.8) is 0 Å². The number of methoxy groups -OCH3 is 1. The summed E-state index contributed by atoms with van der Waals surface area (Å²) in [7, 11) is -0.394. The average molecular weight is 276 g/mol. The van der Waals surface area contributed by atoms with Gasteiger partial charge in [-0.05, 0) is 19.0 Å². The van der Waals surface area contributed by atoms with Crippen molar-refractivity contribution in [2.75, 3.05) is 33.4 Å². The molecular formula is C10H20N4O3S. The number of hydrogen-bond donors (Lipinski definition) is 1. The molecule has 0 bridgehead atoms. The Morgan fingerprint density at radius 3 is 2.72 bits per heavy atom. The lowest BCUT2D eigenvalue weighted by Crippen LogP contribution is -2.36. The maximum Gasteiger partial charge on any atom is 0.260 e. The van der Waals surface area contributed by atoms with Crippen LogP contribution in [0.1, 0.15) is 6.42 Å². The number of nitrogens with zero attached hydrogens (tertiary/aromatic N) is 3. The number of rotatable bonds is 8. The van der Waals surface area contributed by atoms with Crippen molar-refractivity contribution in [3.8, 4) is 0 Å². The molecule has 2 N–H and O–H groups in total. The fourth-order valence-electron chi connectivity index (χ4n) is 1.56. The van der Waals surface area contributed by atoms with Gasteiger partial charge in [0.2, 0.25) is 0 Å². The maximum atomic E-state index is 12.4. The first-order valence-electron chi connectivity index (χ1n) is 5.71.